The van der Waals surface area contributed by atoms with E-state index in [9.17, 15) is 0 Å². The molecule has 0 bridgehead atoms. The maximum atomic E-state index is 3.67. The molecule has 0 saturated carbocycles. The summed E-state index contributed by atoms with van der Waals surface area (Å²) in [4.78, 5) is 26.5. The van der Waals surface area contributed by atoms with Gasteiger partial charge in [-0.25, -0.2) is 4.98 Å². The standard InChI is InChI=1S/2C3H4N2.2C3H3N2.Ca/c4*1-2-5-3-4-1;/h2*1-3H,(H,4,5);2*1-3H;/q;;2*-1;+2/p+1. The van der Waals surface area contributed by atoms with Gasteiger partial charge in [-0.05, 0) is 0 Å². The number of rotatable bonds is 0. The average Bonchev–Trinajstić information content (AvgIpc) is 3.40. The largest absolute Gasteiger partial charge is 2.00 e. The minimum atomic E-state index is 0. The number of hydrogen-bond acceptors (Lipinski definition) is 3. The van der Waals surface area contributed by atoms with Gasteiger partial charge < -0.3 is 24.9 Å². The Morgan fingerprint density at radius 1 is 0.810 bits per heavy atom. The third kappa shape index (κ3) is 14.3. The van der Waals surface area contributed by atoms with Gasteiger partial charge in [0.15, 0.2) is 0 Å². The summed E-state index contributed by atoms with van der Waals surface area (Å²) in [5.74, 6) is 0. The molecule has 0 atom stereocenters. The number of nitrogens with one attached hydrogen (secondary N) is 3. The van der Waals surface area contributed by atoms with E-state index < -0.39 is 0 Å². The van der Waals surface area contributed by atoms with Gasteiger partial charge in [0.05, 0.1) is 6.33 Å². The SMILES string of the molecule is [Ca+2].c1c[n-]cn1.c1c[n-]cn1.c1c[nH+]c[nH]1.c1c[nH]cn1. The minimum absolute atomic E-state index is 0. The number of aromatic amines is 3. The molecule has 4 rings (SSSR count). The van der Waals surface area contributed by atoms with Gasteiger partial charge in [-0.2, -0.15) is 0 Å². The van der Waals surface area contributed by atoms with Crippen LogP contribution in [0.5, 0.6) is 0 Å². The van der Waals surface area contributed by atoms with Gasteiger partial charge in [-0.3, -0.25) is 9.97 Å². The maximum absolute atomic E-state index is 3.67. The van der Waals surface area contributed by atoms with Crippen LogP contribution in [0.2, 0.25) is 0 Å². The first kappa shape index (κ1) is 19.1. The quantitative estimate of drug-likeness (QED) is 0.442. The molecule has 4 aromatic heterocycles. The first-order chi connectivity index (χ1) is 10.0. The zero-order valence-corrected chi connectivity index (χ0v) is 13.6. The van der Waals surface area contributed by atoms with Crippen LogP contribution in [0.4, 0.5) is 0 Å². The van der Waals surface area contributed by atoms with Crippen LogP contribution in [0.25, 0.3) is 0 Å². The van der Waals surface area contributed by atoms with Crippen molar-refractivity contribution in [3.05, 3.63) is 74.9 Å². The van der Waals surface area contributed by atoms with Gasteiger partial charge in [0.1, 0.15) is 12.4 Å². The van der Waals surface area contributed by atoms with E-state index in [1.807, 2.05) is 12.4 Å². The minimum Gasteiger partial charge on any atom is -0.450 e. The Kier molecular flexibility index (Phi) is 14.7. The molecule has 0 aliphatic rings. The molecule has 104 valence electrons. The molecule has 0 aromatic carbocycles. The van der Waals surface area contributed by atoms with Crippen LogP contribution in [0, 0.1) is 0 Å². The molecule has 0 amide bonds. The topological polar surface area (TPSA) is 113 Å². The molecule has 0 radical (unpaired) electrons. The molecule has 21 heavy (non-hydrogen) atoms. The van der Waals surface area contributed by atoms with E-state index in [1.165, 1.54) is 12.7 Å². The summed E-state index contributed by atoms with van der Waals surface area (Å²) in [6.45, 7) is 0. The van der Waals surface area contributed by atoms with Gasteiger partial charge in [0.25, 0.3) is 0 Å². The van der Waals surface area contributed by atoms with Gasteiger partial charge in [0, 0.05) is 12.4 Å². The fourth-order valence-electron chi connectivity index (χ4n) is 0.841. The molecular formula is C12H15CaN8+. The Balaban J connectivity index is 0.000000250. The Morgan fingerprint density at radius 2 is 1.52 bits per heavy atom. The van der Waals surface area contributed by atoms with Crippen LogP contribution in [0.3, 0.4) is 0 Å². The Bertz CT molecular complexity index is 356. The Labute approximate surface area is 151 Å². The van der Waals surface area contributed by atoms with Crippen molar-refractivity contribution in [2.45, 2.75) is 0 Å². The molecule has 0 aliphatic heterocycles. The van der Waals surface area contributed by atoms with E-state index in [1.54, 1.807) is 49.8 Å². The predicted octanol–water partition coefficient (Wildman–Crippen LogP) is -0.0647. The third-order valence-corrected chi connectivity index (χ3v) is 1.59. The second-order valence-electron chi connectivity index (χ2n) is 3.00. The number of nitrogens with zero attached hydrogens (tertiary/aromatic N) is 5. The van der Waals surface area contributed by atoms with Crippen molar-refractivity contribution in [2.75, 3.05) is 0 Å². The number of imidazole rings is 4. The maximum Gasteiger partial charge on any atom is 2.00 e. The molecule has 8 nitrogen and oxygen atoms in total. The number of aromatic nitrogens is 8. The number of hydrogen-bond donors (Lipinski definition) is 2. The third-order valence-electron chi connectivity index (χ3n) is 1.59. The molecule has 4 aromatic rings. The zero-order valence-electron chi connectivity index (χ0n) is 11.4. The van der Waals surface area contributed by atoms with Crippen LogP contribution in [0.1, 0.15) is 0 Å². The molecule has 0 fully saturated rings. The summed E-state index contributed by atoms with van der Waals surface area (Å²) >= 11 is 0. The molecule has 0 unspecified atom stereocenters. The smallest absolute Gasteiger partial charge is 0.450 e. The molecule has 0 aliphatic carbocycles. The van der Waals surface area contributed by atoms with Crippen molar-refractivity contribution in [2.24, 2.45) is 0 Å². The van der Waals surface area contributed by atoms with Crippen molar-refractivity contribution in [3.63, 3.8) is 0 Å². The predicted molar refractivity (Wildman–Crippen MR) is 76.8 cm³/mol. The van der Waals surface area contributed by atoms with Crippen molar-refractivity contribution in [3.8, 4) is 0 Å². The number of H-pyrrole nitrogens is 3. The summed E-state index contributed by atoms with van der Waals surface area (Å²) in [6.07, 6.45) is 20.0. The molecule has 4 heterocycles. The molecular weight excluding hydrogens is 296 g/mol. The van der Waals surface area contributed by atoms with E-state index in [4.69, 9.17) is 0 Å². The molecule has 0 spiro atoms. The first-order valence-corrected chi connectivity index (χ1v) is 5.65. The average molecular weight is 311 g/mol. The summed E-state index contributed by atoms with van der Waals surface area (Å²) in [6, 6.07) is 0. The van der Waals surface area contributed by atoms with Gasteiger partial charge in [-0.15, -0.1) is 0 Å². The van der Waals surface area contributed by atoms with E-state index in [-0.39, 0.29) is 37.7 Å². The van der Waals surface area contributed by atoms with Crippen molar-refractivity contribution in [1.82, 2.24) is 34.9 Å². The fraction of sp³-hybridized carbons (Fsp3) is 0. The van der Waals surface area contributed by atoms with E-state index in [0.717, 1.165) is 0 Å². The molecule has 0 saturated heterocycles. The van der Waals surface area contributed by atoms with E-state index in [2.05, 4.69) is 39.9 Å². The van der Waals surface area contributed by atoms with Gasteiger partial charge >= 0.3 is 37.7 Å². The normalized spacial score (nSPS) is 7.62. The van der Waals surface area contributed by atoms with Crippen LogP contribution in [0.15, 0.2) is 74.9 Å². The van der Waals surface area contributed by atoms with Crippen molar-refractivity contribution >= 4 is 37.7 Å². The van der Waals surface area contributed by atoms with Crippen molar-refractivity contribution < 1.29 is 4.98 Å². The second-order valence-corrected chi connectivity index (χ2v) is 3.00. The summed E-state index contributed by atoms with van der Waals surface area (Å²) in [5, 5.41) is 0. The van der Waals surface area contributed by atoms with Gasteiger partial charge in [0.2, 0.25) is 6.33 Å². The molecule has 3 N–H and O–H groups in total. The summed E-state index contributed by atoms with van der Waals surface area (Å²) in [7, 11) is 0. The fourth-order valence-corrected chi connectivity index (χ4v) is 0.841. The zero-order chi connectivity index (χ0) is 14.1. The van der Waals surface area contributed by atoms with E-state index in [0.29, 0.717) is 0 Å². The molecule has 9 heteroatoms. The summed E-state index contributed by atoms with van der Waals surface area (Å²) < 4.78 is 0. The van der Waals surface area contributed by atoms with Crippen molar-refractivity contribution in [1.29, 1.82) is 0 Å². The first-order valence-electron chi connectivity index (χ1n) is 5.65. The Hall–Kier alpha value is -1.90. The summed E-state index contributed by atoms with van der Waals surface area (Å²) in [5.41, 5.74) is 0. The van der Waals surface area contributed by atoms with Crippen LogP contribution < -0.4 is 15.0 Å². The van der Waals surface area contributed by atoms with E-state index >= 15 is 0 Å². The monoisotopic (exact) mass is 311 g/mol. The Morgan fingerprint density at radius 3 is 1.67 bits per heavy atom. The van der Waals surface area contributed by atoms with Crippen LogP contribution in [-0.4, -0.2) is 62.7 Å². The van der Waals surface area contributed by atoms with Crippen LogP contribution >= 0.6 is 0 Å². The van der Waals surface area contributed by atoms with Crippen LogP contribution in [-0.2, 0) is 0 Å². The van der Waals surface area contributed by atoms with Gasteiger partial charge in [-0.1, -0.05) is 37.4 Å². The second kappa shape index (κ2) is 16.2.